The van der Waals surface area contributed by atoms with Crippen LogP contribution in [0.25, 0.3) is 0 Å². The molecule has 0 aliphatic carbocycles. The van der Waals surface area contributed by atoms with Crippen molar-refractivity contribution in [3.63, 3.8) is 0 Å². The Morgan fingerprint density at radius 2 is 1.76 bits per heavy atom. The molecule has 4 heteroatoms. The minimum Gasteiger partial charge on any atom is -0.377 e. The van der Waals surface area contributed by atoms with E-state index in [2.05, 4.69) is 48.8 Å². The standard InChI is InChI=1S/C17H21ClN2S/c1-12(13-8-10-14(21-4)11-9-13)19-16-7-5-6-15(18)17(16)20(2)3/h5-12,19H,1-4H3. The number of thioether (sulfide) groups is 1. The summed E-state index contributed by atoms with van der Waals surface area (Å²) in [4.78, 5) is 3.32. The summed E-state index contributed by atoms with van der Waals surface area (Å²) in [5, 5.41) is 4.31. The highest BCUT2D eigenvalue weighted by molar-refractivity contribution is 7.98. The maximum atomic E-state index is 6.31. The molecule has 0 saturated heterocycles. The van der Waals surface area contributed by atoms with Crippen molar-refractivity contribution in [1.82, 2.24) is 0 Å². The van der Waals surface area contributed by atoms with Crippen LogP contribution in [0, 0.1) is 0 Å². The molecule has 2 rings (SSSR count). The van der Waals surface area contributed by atoms with E-state index in [1.165, 1.54) is 10.5 Å². The first kappa shape index (κ1) is 16.1. The van der Waals surface area contributed by atoms with Crippen molar-refractivity contribution in [3.05, 3.63) is 53.1 Å². The first-order valence-electron chi connectivity index (χ1n) is 6.89. The van der Waals surface area contributed by atoms with Crippen molar-refractivity contribution in [3.8, 4) is 0 Å². The molecule has 0 fully saturated rings. The second-order valence-electron chi connectivity index (χ2n) is 5.17. The second kappa shape index (κ2) is 7.10. The van der Waals surface area contributed by atoms with Gasteiger partial charge < -0.3 is 10.2 Å². The van der Waals surface area contributed by atoms with Crippen LogP contribution in [-0.4, -0.2) is 20.4 Å². The lowest BCUT2D eigenvalue weighted by atomic mass is 10.1. The van der Waals surface area contributed by atoms with Gasteiger partial charge in [0.1, 0.15) is 0 Å². The smallest absolute Gasteiger partial charge is 0.0786 e. The van der Waals surface area contributed by atoms with Crippen LogP contribution in [0.4, 0.5) is 11.4 Å². The Morgan fingerprint density at radius 1 is 1.10 bits per heavy atom. The zero-order valence-corrected chi connectivity index (χ0v) is 14.4. The van der Waals surface area contributed by atoms with Crippen LogP contribution in [0.15, 0.2) is 47.4 Å². The third-order valence-corrected chi connectivity index (χ3v) is 4.47. The van der Waals surface area contributed by atoms with Crippen LogP contribution in [0.1, 0.15) is 18.5 Å². The highest BCUT2D eigenvalue weighted by Gasteiger charge is 2.12. The monoisotopic (exact) mass is 320 g/mol. The van der Waals surface area contributed by atoms with E-state index in [0.29, 0.717) is 0 Å². The van der Waals surface area contributed by atoms with Crippen LogP contribution < -0.4 is 10.2 Å². The number of benzene rings is 2. The molecule has 0 spiro atoms. The lowest BCUT2D eigenvalue weighted by molar-refractivity contribution is 0.881. The summed E-state index contributed by atoms with van der Waals surface area (Å²) >= 11 is 8.07. The molecule has 0 aliphatic rings. The summed E-state index contributed by atoms with van der Waals surface area (Å²) in [7, 11) is 4.01. The maximum Gasteiger partial charge on any atom is 0.0786 e. The van der Waals surface area contributed by atoms with Gasteiger partial charge in [0, 0.05) is 25.0 Å². The molecule has 2 aromatic rings. The van der Waals surface area contributed by atoms with Crippen molar-refractivity contribution in [2.75, 3.05) is 30.6 Å². The summed E-state index contributed by atoms with van der Waals surface area (Å²) in [5.74, 6) is 0. The summed E-state index contributed by atoms with van der Waals surface area (Å²) in [6.07, 6.45) is 2.09. The minimum atomic E-state index is 0.220. The van der Waals surface area contributed by atoms with Crippen molar-refractivity contribution in [2.45, 2.75) is 17.9 Å². The molecule has 2 aromatic carbocycles. The fourth-order valence-electron chi connectivity index (χ4n) is 2.30. The van der Waals surface area contributed by atoms with Gasteiger partial charge in [-0.15, -0.1) is 11.8 Å². The maximum absolute atomic E-state index is 6.31. The normalized spacial score (nSPS) is 12.0. The fourth-order valence-corrected chi connectivity index (χ4v) is 3.05. The predicted octanol–water partition coefficient (Wildman–Crippen LogP) is 5.30. The molecule has 2 nitrogen and oxygen atoms in total. The van der Waals surface area contributed by atoms with E-state index < -0.39 is 0 Å². The average molecular weight is 321 g/mol. The number of hydrogen-bond acceptors (Lipinski definition) is 3. The molecule has 112 valence electrons. The van der Waals surface area contributed by atoms with Gasteiger partial charge in [0.2, 0.25) is 0 Å². The van der Waals surface area contributed by atoms with Gasteiger partial charge in [-0.2, -0.15) is 0 Å². The number of rotatable bonds is 5. The first-order chi connectivity index (χ1) is 10.0. The quantitative estimate of drug-likeness (QED) is 0.752. The number of hydrogen-bond donors (Lipinski definition) is 1. The van der Waals surface area contributed by atoms with Crippen LogP contribution >= 0.6 is 23.4 Å². The van der Waals surface area contributed by atoms with E-state index in [1.807, 2.05) is 31.1 Å². The van der Waals surface area contributed by atoms with Crippen molar-refractivity contribution < 1.29 is 0 Å². The van der Waals surface area contributed by atoms with Crippen molar-refractivity contribution in [2.24, 2.45) is 0 Å². The average Bonchev–Trinajstić information content (AvgIpc) is 2.47. The van der Waals surface area contributed by atoms with E-state index in [0.717, 1.165) is 16.4 Å². The summed E-state index contributed by atoms with van der Waals surface area (Å²) < 4.78 is 0. The van der Waals surface area contributed by atoms with Crippen LogP contribution in [0.5, 0.6) is 0 Å². The van der Waals surface area contributed by atoms with Crippen LogP contribution in [0.3, 0.4) is 0 Å². The Bertz CT molecular complexity index is 596. The molecule has 1 atom stereocenters. The largest absolute Gasteiger partial charge is 0.377 e. The number of nitrogens with one attached hydrogen (secondary N) is 1. The van der Waals surface area contributed by atoms with Crippen molar-refractivity contribution in [1.29, 1.82) is 0 Å². The second-order valence-corrected chi connectivity index (χ2v) is 6.46. The summed E-state index contributed by atoms with van der Waals surface area (Å²) in [5.41, 5.74) is 3.33. The Morgan fingerprint density at radius 3 is 2.33 bits per heavy atom. The van der Waals surface area contributed by atoms with Gasteiger partial charge >= 0.3 is 0 Å². The fraction of sp³-hybridized carbons (Fsp3) is 0.294. The zero-order valence-electron chi connectivity index (χ0n) is 12.9. The Labute approximate surface area is 136 Å². The van der Waals surface area contributed by atoms with E-state index >= 15 is 0 Å². The van der Waals surface area contributed by atoms with Gasteiger partial charge in [-0.05, 0) is 43.0 Å². The molecule has 0 saturated carbocycles. The highest BCUT2D eigenvalue weighted by atomic mass is 35.5. The predicted molar refractivity (Wildman–Crippen MR) is 96.0 cm³/mol. The number of halogens is 1. The Balaban J connectivity index is 2.22. The SMILES string of the molecule is CSc1ccc(C(C)Nc2cccc(Cl)c2N(C)C)cc1. The lowest BCUT2D eigenvalue weighted by Gasteiger charge is -2.23. The van der Waals surface area contributed by atoms with Gasteiger partial charge in [0.25, 0.3) is 0 Å². The van der Waals surface area contributed by atoms with E-state index in [9.17, 15) is 0 Å². The molecule has 0 amide bonds. The Hall–Kier alpha value is -1.32. The topological polar surface area (TPSA) is 15.3 Å². The third kappa shape index (κ3) is 3.86. The van der Waals surface area contributed by atoms with E-state index in [4.69, 9.17) is 11.6 Å². The summed E-state index contributed by atoms with van der Waals surface area (Å²) in [6, 6.07) is 14.8. The molecule has 0 aromatic heterocycles. The zero-order chi connectivity index (χ0) is 15.4. The lowest BCUT2D eigenvalue weighted by Crippen LogP contribution is -2.14. The highest BCUT2D eigenvalue weighted by Crippen LogP contribution is 2.34. The molecule has 1 unspecified atom stereocenters. The van der Waals surface area contributed by atoms with Gasteiger partial charge in [0.15, 0.2) is 0 Å². The van der Waals surface area contributed by atoms with Gasteiger partial charge in [-0.1, -0.05) is 29.8 Å². The van der Waals surface area contributed by atoms with E-state index in [-0.39, 0.29) is 6.04 Å². The Kier molecular flexibility index (Phi) is 5.43. The molecule has 1 N–H and O–H groups in total. The van der Waals surface area contributed by atoms with Gasteiger partial charge in [0.05, 0.1) is 16.4 Å². The van der Waals surface area contributed by atoms with Gasteiger partial charge in [-0.3, -0.25) is 0 Å². The third-order valence-electron chi connectivity index (χ3n) is 3.42. The van der Waals surface area contributed by atoms with Gasteiger partial charge in [-0.25, -0.2) is 0 Å². The van der Waals surface area contributed by atoms with Crippen LogP contribution in [0.2, 0.25) is 5.02 Å². The molecule has 21 heavy (non-hydrogen) atoms. The van der Waals surface area contributed by atoms with Crippen LogP contribution in [-0.2, 0) is 0 Å². The number of nitrogens with zero attached hydrogens (tertiary/aromatic N) is 1. The first-order valence-corrected chi connectivity index (χ1v) is 8.49. The molecular weight excluding hydrogens is 300 g/mol. The summed E-state index contributed by atoms with van der Waals surface area (Å²) in [6.45, 7) is 2.16. The van der Waals surface area contributed by atoms with E-state index in [1.54, 1.807) is 11.8 Å². The molecule has 0 radical (unpaired) electrons. The molecule has 0 aliphatic heterocycles. The molecule has 0 bridgehead atoms. The minimum absolute atomic E-state index is 0.220. The molecule has 0 heterocycles. The molecular formula is C17H21ClN2S. The number of anilines is 2. The van der Waals surface area contributed by atoms with Crippen molar-refractivity contribution >= 4 is 34.7 Å². The number of para-hydroxylation sites is 1.